The van der Waals surface area contributed by atoms with Crippen LogP contribution in [0.3, 0.4) is 0 Å². The fraction of sp³-hybridized carbons (Fsp3) is 0.571. The molecule has 4 amide bonds. The lowest BCUT2D eigenvalue weighted by atomic mass is 9.85. The number of ether oxygens (including phenoxy) is 1. The third-order valence-corrected chi connectivity index (χ3v) is 5.56. The number of para-hydroxylation sites is 1. The second kappa shape index (κ2) is 8.20. The van der Waals surface area contributed by atoms with E-state index in [1.165, 1.54) is 4.90 Å². The van der Waals surface area contributed by atoms with Gasteiger partial charge in [-0.15, -0.1) is 0 Å². The fourth-order valence-corrected chi connectivity index (χ4v) is 4.04. The first kappa shape index (κ1) is 20.2. The van der Waals surface area contributed by atoms with Gasteiger partial charge in [-0.1, -0.05) is 32.0 Å². The molecular formula is C21H29N3O4. The molecule has 1 spiro atoms. The minimum atomic E-state index is -0.798. The predicted molar refractivity (Wildman–Crippen MR) is 105 cm³/mol. The minimum Gasteiger partial charge on any atom is -0.493 e. The summed E-state index contributed by atoms with van der Waals surface area (Å²) in [5, 5.41) is 0. The van der Waals surface area contributed by atoms with Gasteiger partial charge < -0.3 is 14.5 Å². The van der Waals surface area contributed by atoms with E-state index in [1.54, 1.807) is 16.8 Å². The van der Waals surface area contributed by atoms with E-state index in [0.29, 0.717) is 45.5 Å². The van der Waals surface area contributed by atoms with Crippen molar-refractivity contribution in [2.45, 2.75) is 38.6 Å². The zero-order valence-corrected chi connectivity index (χ0v) is 16.9. The van der Waals surface area contributed by atoms with E-state index in [2.05, 4.69) is 0 Å². The average molecular weight is 387 g/mol. The van der Waals surface area contributed by atoms with Gasteiger partial charge in [-0.3, -0.25) is 14.5 Å². The topological polar surface area (TPSA) is 70.2 Å². The normalized spacial score (nSPS) is 19.1. The zero-order chi connectivity index (χ0) is 20.3. The number of carbonyl (C=O) groups is 3. The number of hydrogen-bond donors (Lipinski definition) is 0. The summed E-state index contributed by atoms with van der Waals surface area (Å²) < 4.78 is 5.61. The molecule has 7 nitrogen and oxygen atoms in total. The Bertz CT molecular complexity index is 726. The van der Waals surface area contributed by atoms with Gasteiger partial charge in [-0.2, -0.15) is 0 Å². The Labute approximate surface area is 166 Å². The molecule has 2 saturated heterocycles. The first-order valence-corrected chi connectivity index (χ1v) is 9.90. The second-order valence-corrected chi connectivity index (χ2v) is 7.98. The van der Waals surface area contributed by atoms with Crippen LogP contribution in [-0.4, -0.2) is 71.4 Å². The Hall–Kier alpha value is -2.57. The fourth-order valence-electron chi connectivity index (χ4n) is 4.04. The van der Waals surface area contributed by atoms with Crippen molar-refractivity contribution in [3.8, 4) is 5.75 Å². The van der Waals surface area contributed by atoms with Crippen LogP contribution in [0.4, 0.5) is 4.79 Å². The van der Waals surface area contributed by atoms with Crippen LogP contribution in [0.15, 0.2) is 30.3 Å². The third-order valence-electron chi connectivity index (χ3n) is 5.56. The van der Waals surface area contributed by atoms with Crippen molar-refractivity contribution in [2.24, 2.45) is 5.92 Å². The van der Waals surface area contributed by atoms with Gasteiger partial charge in [-0.05, 0) is 30.9 Å². The Kier molecular flexibility index (Phi) is 5.91. The molecule has 0 aliphatic carbocycles. The van der Waals surface area contributed by atoms with Crippen molar-refractivity contribution < 1.29 is 19.1 Å². The lowest BCUT2D eigenvalue weighted by molar-refractivity contribution is -0.141. The number of amides is 4. The number of urea groups is 1. The number of likely N-dealkylation sites (tertiary alicyclic amines) is 1. The predicted octanol–water partition coefficient (Wildman–Crippen LogP) is 2.37. The summed E-state index contributed by atoms with van der Waals surface area (Å²) in [5.41, 5.74) is -0.798. The summed E-state index contributed by atoms with van der Waals surface area (Å²) in [6, 6.07) is 9.18. The van der Waals surface area contributed by atoms with Gasteiger partial charge in [0.1, 0.15) is 11.3 Å². The van der Waals surface area contributed by atoms with E-state index in [-0.39, 0.29) is 23.8 Å². The molecule has 0 atom stereocenters. The lowest BCUT2D eigenvalue weighted by Gasteiger charge is -2.42. The molecule has 0 saturated carbocycles. The summed E-state index contributed by atoms with van der Waals surface area (Å²) in [4.78, 5) is 42.6. The number of carbonyl (C=O) groups excluding carboxylic acids is 3. The van der Waals surface area contributed by atoms with Gasteiger partial charge in [0.05, 0.1) is 13.0 Å². The maximum atomic E-state index is 12.8. The monoisotopic (exact) mass is 387 g/mol. The van der Waals surface area contributed by atoms with Crippen molar-refractivity contribution in [1.29, 1.82) is 0 Å². The van der Waals surface area contributed by atoms with E-state index >= 15 is 0 Å². The summed E-state index contributed by atoms with van der Waals surface area (Å²) in [5.74, 6) is 0.897. The molecule has 0 bridgehead atoms. The number of benzene rings is 1. The standard InChI is InChI=1S/C21H29N3O4/c1-16(2)15-24-20(27)22(3)19(26)21(24)10-12-23(13-11-21)18(25)9-14-28-17-7-5-4-6-8-17/h4-8,16H,9-15H2,1-3H3. The highest BCUT2D eigenvalue weighted by molar-refractivity contribution is 6.07. The molecular weight excluding hydrogens is 358 g/mol. The van der Waals surface area contributed by atoms with Crippen LogP contribution in [0.2, 0.25) is 0 Å². The summed E-state index contributed by atoms with van der Waals surface area (Å²) in [6.45, 7) is 5.90. The molecule has 2 aliphatic heterocycles. The number of rotatable bonds is 6. The zero-order valence-electron chi connectivity index (χ0n) is 16.9. The number of piperidine rings is 1. The number of imide groups is 1. The van der Waals surface area contributed by atoms with E-state index in [0.717, 1.165) is 5.75 Å². The van der Waals surface area contributed by atoms with Crippen LogP contribution in [0.25, 0.3) is 0 Å². The molecule has 0 radical (unpaired) electrons. The maximum Gasteiger partial charge on any atom is 0.327 e. The number of nitrogens with zero attached hydrogens (tertiary/aromatic N) is 3. The quantitative estimate of drug-likeness (QED) is 0.703. The number of likely N-dealkylation sites (N-methyl/N-ethyl adjacent to an activating group) is 1. The SMILES string of the molecule is CC(C)CN1C(=O)N(C)C(=O)C12CCN(C(=O)CCOc1ccccc1)CC2. The van der Waals surface area contributed by atoms with Crippen LogP contribution in [0, 0.1) is 5.92 Å². The molecule has 2 fully saturated rings. The molecule has 0 aromatic heterocycles. The molecule has 2 heterocycles. The third kappa shape index (κ3) is 3.84. The molecule has 152 valence electrons. The highest BCUT2D eigenvalue weighted by Crippen LogP contribution is 2.37. The molecule has 28 heavy (non-hydrogen) atoms. The van der Waals surface area contributed by atoms with Crippen LogP contribution < -0.4 is 4.74 Å². The smallest absolute Gasteiger partial charge is 0.327 e. The summed E-state index contributed by atoms with van der Waals surface area (Å²) >= 11 is 0. The van der Waals surface area contributed by atoms with Crippen molar-refractivity contribution in [1.82, 2.24) is 14.7 Å². The second-order valence-electron chi connectivity index (χ2n) is 7.98. The van der Waals surface area contributed by atoms with E-state index < -0.39 is 5.54 Å². The van der Waals surface area contributed by atoms with Gasteiger partial charge in [0, 0.05) is 26.7 Å². The van der Waals surface area contributed by atoms with Gasteiger partial charge in [0.2, 0.25) is 5.91 Å². The largest absolute Gasteiger partial charge is 0.493 e. The molecule has 3 rings (SSSR count). The van der Waals surface area contributed by atoms with E-state index in [4.69, 9.17) is 4.74 Å². The first-order valence-electron chi connectivity index (χ1n) is 9.90. The van der Waals surface area contributed by atoms with Crippen molar-refractivity contribution in [3.63, 3.8) is 0 Å². The number of hydrogen-bond acceptors (Lipinski definition) is 4. The van der Waals surface area contributed by atoms with Crippen LogP contribution in [0.5, 0.6) is 5.75 Å². The van der Waals surface area contributed by atoms with E-state index in [9.17, 15) is 14.4 Å². The molecule has 0 N–H and O–H groups in total. The van der Waals surface area contributed by atoms with Crippen molar-refractivity contribution in [2.75, 3.05) is 33.3 Å². The van der Waals surface area contributed by atoms with Crippen LogP contribution in [0.1, 0.15) is 33.1 Å². The minimum absolute atomic E-state index is 0.0197. The lowest BCUT2D eigenvalue weighted by Crippen LogP contribution is -2.58. The van der Waals surface area contributed by atoms with Gasteiger partial charge >= 0.3 is 6.03 Å². The molecule has 1 aromatic carbocycles. The maximum absolute atomic E-state index is 12.8. The van der Waals surface area contributed by atoms with Gasteiger partial charge in [0.15, 0.2) is 0 Å². The molecule has 7 heteroatoms. The van der Waals surface area contributed by atoms with Crippen LogP contribution >= 0.6 is 0 Å². The first-order chi connectivity index (χ1) is 13.3. The highest BCUT2D eigenvalue weighted by atomic mass is 16.5. The summed E-state index contributed by atoms with van der Waals surface area (Å²) in [7, 11) is 1.55. The van der Waals surface area contributed by atoms with Crippen molar-refractivity contribution >= 4 is 17.8 Å². The Balaban J connectivity index is 1.57. The van der Waals surface area contributed by atoms with Gasteiger partial charge in [0.25, 0.3) is 5.91 Å². The Morgan fingerprint density at radius 2 is 1.79 bits per heavy atom. The summed E-state index contributed by atoms with van der Waals surface area (Å²) in [6.07, 6.45) is 1.27. The molecule has 1 aromatic rings. The van der Waals surface area contributed by atoms with Crippen LogP contribution in [-0.2, 0) is 9.59 Å². The highest BCUT2D eigenvalue weighted by Gasteiger charge is 2.57. The Morgan fingerprint density at radius 1 is 1.14 bits per heavy atom. The van der Waals surface area contributed by atoms with Gasteiger partial charge in [-0.25, -0.2) is 4.79 Å². The molecule has 2 aliphatic rings. The van der Waals surface area contributed by atoms with E-state index in [1.807, 2.05) is 44.2 Å². The average Bonchev–Trinajstić information content (AvgIpc) is 2.85. The van der Waals surface area contributed by atoms with Crippen molar-refractivity contribution in [3.05, 3.63) is 30.3 Å². The molecule has 0 unspecified atom stereocenters. The Morgan fingerprint density at radius 3 is 2.39 bits per heavy atom.